The van der Waals surface area contributed by atoms with Crippen molar-refractivity contribution in [2.45, 2.75) is 68.6 Å². The molecule has 3 aromatic rings. The summed E-state index contributed by atoms with van der Waals surface area (Å²) in [7, 11) is 0. The van der Waals surface area contributed by atoms with Gasteiger partial charge in [0, 0.05) is 12.8 Å². The third kappa shape index (κ3) is 4.56. The lowest BCUT2D eigenvalue weighted by Crippen LogP contribution is -2.79. The van der Waals surface area contributed by atoms with Gasteiger partial charge < -0.3 is 15.5 Å². The van der Waals surface area contributed by atoms with Crippen LogP contribution in [-0.4, -0.2) is 54.4 Å². The average molecular weight is 545 g/mol. The molecule has 4 bridgehead atoms. The number of benzene rings is 2. The van der Waals surface area contributed by atoms with E-state index in [4.69, 9.17) is 5.21 Å². The summed E-state index contributed by atoms with van der Waals surface area (Å²) in [5, 5.41) is 37.2. The van der Waals surface area contributed by atoms with Gasteiger partial charge in [-0.1, -0.05) is 42.5 Å². The van der Waals surface area contributed by atoms with Crippen molar-refractivity contribution in [3.63, 3.8) is 0 Å². The van der Waals surface area contributed by atoms with Gasteiger partial charge in [0.1, 0.15) is 5.69 Å². The van der Waals surface area contributed by atoms with Gasteiger partial charge in [0.2, 0.25) is 5.91 Å². The van der Waals surface area contributed by atoms with Gasteiger partial charge in [-0.05, 0) is 79.9 Å². The van der Waals surface area contributed by atoms with E-state index < -0.39 is 29.1 Å². The van der Waals surface area contributed by atoms with Crippen LogP contribution in [0.25, 0.3) is 11.0 Å². The Bertz CT molecular complexity index is 1370. The van der Waals surface area contributed by atoms with Gasteiger partial charge >= 0.3 is 0 Å². The molecule has 4 aliphatic rings. The Morgan fingerprint density at radius 2 is 1.57 bits per heavy atom. The maximum absolute atomic E-state index is 14.0. The van der Waals surface area contributed by atoms with Crippen molar-refractivity contribution in [2.24, 2.45) is 23.7 Å². The molecule has 4 saturated carbocycles. The van der Waals surface area contributed by atoms with Crippen molar-refractivity contribution in [2.75, 3.05) is 0 Å². The topological polar surface area (TPSA) is 145 Å². The van der Waals surface area contributed by atoms with Gasteiger partial charge in [0.05, 0.1) is 34.5 Å². The van der Waals surface area contributed by atoms with E-state index in [9.17, 15) is 19.8 Å². The highest BCUT2D eigenvalue weighted by atomic mass is 16.5. The number of carbonyl (C=O) groups is 2. The highest BCUT2D eigenvalue weighted by Crippen LogP contribution is 2.62. The molecule has 2 atom stereocenters. The van der Waals surface area contributed by atoms with Crippen molar-refractivity contribution in [3.8, 4) is 0 Å². The standard InChI is InChI=1S/C31H36N4O5/c36-27(10-11-28(37)35-40)30(17-19-6-2-1-3-7-19,31(39)22-13-20-12-21(15-22)16-23(31)14-20)34-29(38)26-18-32-24-8-4-5-9-25(24)33-26/h1-9,18,20-23,27,36,39-40H,10-17H2,(H,34,38)(H,35,37)/t20?,21?,22?,23?,27-,30-,31?/m0/s1. The molecule has 0 unspecified atom stereocenters. The number of amides is 2. The van der Waals surface area contributed by atoms with Crippen LogP contribution >= 0.6 is 0 Å². The molecule has 7 rings (SSSR count). The predicted molar refractivity (Wildman–Crippen MR) is 147 cm³/mol. The van der Waals surface area contributed by atoms with Gasteiger partial charge in [-0.15, -0.1) is 0 Å². The maximum Gasteiger partial charge on any atom is 0.272 e. The largest absolute Gasteiger partial charge is 0.391 e. The first kappa shape index (κ1) is 26.8. The normalized spacial score (nSPS) is 29.1. The van der Waals surface area contributed by atoms with Gasteiger partial charge in [0.25, 0.3) is 5.91 Å². The van der Waals surface area contributed by atoms with Crippen molar-refractivity contribution in [1.82, 2.24) is 20.8 Å². The summed E-state index contributed by atoms with van der Waals surface area (Å²) < 4.78 is 0. The molecule has 4 fully saturated rings. The lowest BCUT2D eigenvalue weighted by Gasteiger charge is -2.66. The van der Waals surface area contributed by atoms with E-state index in [0.29, 0.717) is 22.9 Å². The van der Waals surface area contributed by atoms with Gasteiger partial charge in [0.15, 0.2) is 0 Å². The van der Waals surface area contributed by atoms with Gasteiger partial charge in [-0.3, -0.25) is 19.8 Å². The number of aliphatic hydroxyl groups excluding tert-OH is 1. The SMILES string of the molecule is O=C(CC[C@H](O)[C@](Cc1ccccc1)(NC(=O)c1cnc2ccccc2n1)C1(O)C2CC3CC(C2)CC1C3)NO. The number of para-hydroxylation sites is 2. The molecule has 5 N–H and O–H groups in total. The lowest BCUT2D eigenvalue weighted by atomic mass is 9.44. The summed E-state index contributed by atoms with van der Waals surface area (Å²) in [5.41, 5.74) is 0.857. The number of nitrogens with zero attached hydrogens (tertiary/aromatic N) is 2. The van der Waals surface area contributed by atoms with Crippen molar-refractivity contribution in [1.29, 1.82) is 0 Å². The Morgan fingerprint density at radius 1 is 0.950 bits per heavy atom. The zero-order valence-corrected chi connectivity index (χ0v) is 22.4. The zero-order chi connectivity index (χ0) is 27.9. The number of hydrogen-bond donors (Lipinski definition) is 5. The van der Waals surface area contributed by atoms with Crippen molar-refractivity contribution < 1.29 is 25.0 Å². The Balaban J connectivity index is 1.46. The summed E-state index contributed by atoms with van der Waals surface area (Å²) in [6.45, 7) is 0. The van der Waals surface area contributed by atoms with Crippen LogP contribution < -0.4 is 10.8 Å². The highest BCUT2D eigenvalue weighted by Gasteiger charge is 2.67. The number of carbonyl (C=O) groups excluding carboxylic acids is 2. The number of aliphatic hydroxyl groups is 2. The summed E-state index contributed by atoms with van der Waals surface area (Å²) in [4.78, 5) is 35.0. The Hall–Kier alpha value is -3.40. The zero-order valence-electron chi connectivity index (χ0n) is 22.4. The van der Waals surface area contributed by atoms with Gasteiger partial charge in [-0.25, -0.2) is 10.5 Å². The smallest absolute Gasteiger partial charge is 0.272 e. The molecule has 1 heterocycles. The van der Waals surface area contributed by atoms with E-state index in [0.717, 1.165) is 31.2 Å². The Morgan fingerprint density at radius 3 is 2.23 bits per heavy atom. The fourth-order valence-electron chi connectivity index (χ4n) is 8.21. The summed E-state index contributed by atoms with van der Waals surface area (Å²) in [6.07, 6.45) is 4.61. The molecule has 2 amide bonds. The molecule has 9 heteroatoms. The summed E-state index contributed by atoms with van der Waals surface area (Å²) in [5.74, 6) is -0.305. The third-order valence-corrected chi connectivity index (χ3v) is 9.78. The second-order valence-electron chi connectivity index (χ2n) is 12.1. The van der Waals surface area contributed by atoms with Crippen LogP contribution in [0.1, 0.15) is 61.0 Å². The molecule has 0 radical (unpaired) electrons. The summed E-state index contributed by atoms with van der Waals surface area (Å²) in [6, 6.07) is 16.8. The van der Waals surface area contributed by atoms with Crippen LogP contribution in [-0.2, 0) is 11.2 Å². The number of nitrogens with one attached hydrogen (secondary N) is 2. The minimum atomic E-state index is -1.52. The molecule has 210 valence electrons. The van der Waals surface area contributed by atoms with Crippen LogP contribution in [0.5, 0.6) is 0 Å². The Labute approximate surface area is 233 Å². The van der Waals surface area contributed by atoms with Crippen molar-refractivity contribution in [3.05, 3.63) is 72.1 Å². The molecule has 4 aliphatic carbocycles. The molecule has 9 nitrogen and oxygen atoms in total. The highest BCUT2D eigenvalue weighted by molar-refractivity contribution is 5.94. The van der Waals surface area contributed by atoms with Gasteiger partial charge in [-0.2, -0.15) is 0 Å². The minimum Gasteiger partial charge on any atom is -0.391 e. The lowest BCUT2D eigenvalue weighted by molar-refractivity contribution is -0.234. The first-order chi connectivity index (χ1) is 19.3. The fourth-order valence-corrected chi connectivity index (χ4v) is 8.21. The van der Waals surface area contributed by atoms with Crippen molar-refractivity contribution >= 4 is 22.8 Å². The van der Waals surface area contributed by atoms with Crippen LogP contribution in [0.4, 0.5) is 0 Å². The molecule has 40 heavy (non-hydrogen) atoms. The van der Waals surface area contributed by atoms with Crippen LogP contribution in [0.15, 0.2) is 60.8 Å². The van der Waals surface area contributed by atoms with E-state index in [2.05, 4.69) is 15.3 Å². The summed E-state index contributed by atoms with van der Waals surface area (Å²) >= 11 is 0. The number of aromatic nitrogens is 2. The first-order valence-corrected chi connectivity index (χ1v) is 14.2. The third-order valence-electron chi connectivity index (χ3n) is 9.78. The average Bonchev–Trinajstić information content (AvgIpc) is 2.97. The first-order valence-electron chi connectivity index (χ1n) is 14.2. The van der Waals surface area contributed by atoms with Crippen LogP contribution in [0.2, 0.25) is 0 Å². The Kier molecular flexibility index (Phi) is 7.06. The number of hydrogen-bond acceptors (Lipinski definition) is 7. The monoisotopic (exact) mass is 544 g/mol. The molecule has 0 aliphatic heterocycles. The van der Waals surface area contributed by atoms with E-state index >= 15 is 0 Å². The number of hydroxylamine groups is 1. The molecule has 1 aromatic heterocycles. The quantitative estimate of drug-likeness (QED) is 0.206. The molecule has 2 aromatic carbocycles. The number of fused-ring (bicyclic) bond motifs is 1. The maximum atomic E-state index is 14.0. The molecular formula is C31H36N4O5. The molecular weight excluding hydrogens is 508 g/mol. The fraction of sp³-hybridized carbons (Fsp3) is 0.484. The van der Waals surface area contributed by atoms with Crippen LogP contribution in [0.3, 0.4) is 0 Å². The molecule has 0 saturated heterocycles. The van der Waals surface area contributed by atoms with E-state index in [1.54, 1.807) is 11.5 Å². The predicted octanol–water partition coefficient (Wildman–Crippen LogP) is 3.17. The second-order valence-corrected chi connectivity index (χ2v) is 12.1. The second kappa shape index (κ2) is 10.5. The van der Waals surface area contributed by atoms with E-state index in [1.807, 2.05) is 48.5 Å². The number of rotatable bonds is 9. The van der Waals surface area contributed by atoms with E-state index in [-0.39, 0.29) is 36.8 Å². The molecule has 0 spiro atoms. The van der Waals surface area contributed by atoms with Crippen LogP contribution in [0, 0.1) is 23.7 Å². The minimum absolute atomic E-state index is 0.0580. The van der Waals surface area contributed by atoms with E-state index in [1.165, 1.54) is 12.6 Å².